The van der Waals surface area contributed by atoms with E-state index in [9.17, 15) is 5.11 Å². The summed E-state index contributed by atoms with van der Waals surface area (Å²) >= 11 is 0. The summed E-state index contributed by atoms with van der Waals surface area (Å²) < 4.78 is 0. The molecule has 1 atom stereocenters. The van der Waals surface area contributed by atoms with Gasteiger partial charge in [-0.05, 0) is 20.3 Å². The average molecular weight is 145 g/mol. The van der Waals surface area contributed by atoms with Gasteiger partial charge in [-0.15, -0.1) is 0 Å². The first-order valence-electron chi connectivity index (χ1n) is 3.46. The first-order chi connectivity index (χ1) is 4.54. The lowest BCUT2D eigenvalue weighted by Gasteiger charge is -2.20. The van der Waals surface area contributed by atoms with Crippen molar-refractivity contribution in [1.82, 2.24) is 0 Å². The fraction of sp³-hybridized carbons (Fsp3) is 0.857. The Bertz CT molecular complexity index is 130. The highest BCUT2D eigenvalue weighted by Gasteiger charge is 2.22. The highest BCUT2D eigenvalue weighted by molar-refractivity contribution is 5.89. The molecule has 0 radical (unpaired) electrons. The zero-order valence-electron chi connectivity index (χ0n) is 6.76. The highest BCUT2D eigenvalue weighted by Crippen LogP contribution is 2.13. The van der Waals surface area contributed by atoms with Gasteiger partial charge in [-0.25, -0.2) is 0 Å². The maximum Gasteiger partial charge on any atom is 0.103 e. The van der Waals surface area contributed by atoms with Crippen molar-refractivity contribution < 1.29 is 10.3 Å². The largest absolute Gasteiger partial charge is 0.411 e. The average Bonchev–Trinajstić information content (AvgIpc) is 1.86. The molecule has 0 rings (SSSR count). The van der Waals surface area contributed by atoms with E-state index in [0.717, 1.165) is 6.42 Å². The molecule has 2 N–H and O–H groups in total. The summed E-state index contributed by atoms with van der Waals surface area (Å²) in [7, 11) is 0. The van der Waals surface area contributed by atoms with Crippen molar-refractivity contribution in [1.29, 1.82) is 0 Å². The van der Waals surface area contributed by atoms with Crippen molar-refractivity contribution in [3.05, 3.63) is 0 Å². The Morgan fingerprint density at radius 1 is 1.60 bits per heavy atom. The molecule has 0 aromatic carbocycles. The second kappa shape index (κ2) is 3.56. The fourth-order valence-corrected chi connectivity index (χ4v) is 0.775. The Balaban J connectivity index is 4.10. The fourth-order valence-electron chi connectivity index (χ4n) is 0.775. The normalized spacial score (nSPS) is 18.6. The van der Waals surface area contributed by atoms with E-state index < -0.39 is 5.60 Å². The van der Waals surface area contributed by atoms with Crippen molar-refractivity contribution in [3.63, 3.8) is 0 Å². The van der Waals surface area contributed by atoms with Gasteiger partial charge in [-0.1, -0.05) is 18.5 Å². The molecule has 1 unspecified atom stereocenters. The van der Waals surface area contributed by atoms with Gasteiger partial charge >= 0.3 is 0 Å². The summed E-state index contributed by atoms with van der Waals surface area (Å²) in [5.74, 6) is 0. The van der Waals surface area contributed by atoms with Crippen LogP contribution in [0.5, 0.6) is 0 Å². The van der Waals surface area contributed by atoms with Gasteiger partial charge in [0, 0.05) is 0 Å². The molecule has 0 aliphatic heterocycles. The zero-order chi connectivity index (χ0) is 8.20. The van der Waals surface area contributed by atoms with Crippen LogP contribution < -0.4 is 0 Å². The molecule has 0 spiro atoms. The van der Waals surface area contributed by atoms with Crippen LogP contribution in [0.4, 0.5) is 0 Å². The third kappa shape index (κ3) is 2.35. The minimum absolute atomic E-state index is 0.370. The maximum absolute atomic E-state index is 9.49. The molecule has 0 saturated carbocycles. The van der Waals surface area contributed by atoms with Gasteiger partial charge in [0.25, 0.3) is 0 Å². The number of aliphatic hydroxyl groups is 1. The van der Waals surface area contributed by atoms with Crippen LogP contribution >= 0.6 is 0 Å². The lowest BCUT2D eigenvalue weighted by molar-refractivity contribution is 0.116. The first-order valence-corrected chi connectivity index (χ1v) is 3.46. The topological polar surface area (TPSA) is 52.8 Å². The monoisotopic (exact) mass is 145 g/mol. The van der Waals surface area contributed by atoms with Gasteiger partial charge in [0.15, 0.2) is 0 Å². The Morgan fingerprint density at radius 2 is 2.10 bits per heavy atom. The van der Waals surface area contributed by atoms with Crippen molar-refractivity contribution in [2.24, 2.45) is 5.16 Å². The van der Waals surface area contributed by atoms with Gasteiger partial charge in [0.2, 0.25) is 0 Å². The second-order valence-electron chi connectivity index (χ2n) is 2.71. The summed E-state index contributed by atoms with van der Waals surface area (Å²) in [6.45, 7) is 5.22. The molecular formula is C7H15NO2. The molecule has 60 valence electrons. The van der Waals surface area contributed by atoms with Crippen LogP contribution in [0.3, 0.4) is 0 Å². The van der Waals surface area contributed by atoms with Gasteiger partial charge < -0.3 is 10.3 Å². The molecule has 0 fully saturated rings. The molecule has 0 aromatic heterocycles. The number of hydrogen-bond acceptors (Lipinski definition) is 3. The van der Waals surface area contributed by atoms with E-state index in [1.807, 2.05) is 6.92 Å². The number of oxime groups is 1. The van der Waals surface area contributed by atoms with Crippen LogP contribution in [0.2, 0.25) is 0 Å². The number of rotatable bonds is 3. The van der Waals surface area contributed by atoms with E-state index >= 15 is 0 Å². The molecule has 0 saturated heterocycles. The van der Waals surface area contributed by atoms with Crippen molar-refractivity contribution in [3.8, 4) is 0 Å². The minimum Gasteiger partial charge on any atom is -0.411 e. The van der Waals surface area contributed by atoms with E-state index in [2.05, 4.69) is 5.16 Å². The number of nitrogens with zero attached hydrogens (tertiary/aromatic N) is 1. The highest BCUT2D eigenvalue weighted by atomic mass is 16.4. The Morgan fingerprint density at radius 3 is 2.40 bits per heavy atom. The van der Waals surface area contributed by atoms with Gasteiger partial charge in [-0.2, -0.15) is 0 Å². The van der Waals surface area contributed by atoms with Gasteiger partial charge in [-0.3, -0.25) is 0 Å². The van der Waals surface area contributed by atoms with Gasteiger partial charge in [0.1, 0.15) is 5.60 Å². The molecule has 0 aliphatic rings. The lowest BCUT2D eigenvalue weighted by atomic mass is 9.96. The van der Waals surface area contributed by atoms with E-state index in [1.54, 1.807) is 13.8 Å². The molecule has 0 bridgehead atoms. The summed E-state index contributed by atoms with van der Waals surface area (Å²) in [4.78, 5) is 0. The third-order valence-corrected chi connectivity index (χ3v) is 1.67. The van der Waals surface area contributed by atoms with Gasteiger partial charge in [0.05, 0.1) is 5.71 Å². The van der Waals surface area contributed by atoms with Crippen molar-refractivity contribution >= 4 is 5.71 Å². The Hall–Kier alpha value is -0.570. The predicted octanol–water partition coefficient (Wildman–Crippen LogP) is 1.39. The summed E-state index contributed by atoms with van der Waals surface area (Å²) in [5.41, 5.74) is -0.571. The predicted molar refractivity (Wildman–Crippen MR) is 40.4 cm³/mol. The maximum atomic E-state index is 9.49. The van der Waals surface area contributed by atoms with Crippen LogP contribution in [0.25, 0.3) is 0 Å². The number of hydrogen-bond donors (Lipinski definition) is 2. The quantitative estimate of drug-likeness (QED) is 0.358. The summed E-state index contributed by atoms with van der Waals surface area (Å²) in [6, 6.07) is 0. The molecule has 0 heterocycles. The molecule has 0 aliphatic carbocycles. The molecule has 3 nitrogen and oxygen atoms in total. The molecule has 0 aromatic rings. The molecule has 10 heavy (non-hydrogen) atoms. The van der Waals surface area contributed by atoms with Crippen molar-refractivity contribution in [2.45, 2.75) is 39.2 Å². The third-order valence-electron chi connectivity index (χ3n) is 1.67. The standard InChI is InChI=1S/C7H15NO2/c1-4-5-7(3,9)6(2)8-10/h9-10H,4-5H2,1-3H3/b8-6+. The first kappa shape index (κ1) is 9.43. The zero-order valence-corrected chi connectivity index (χ0v) is 6.76. The SMILES string of the molecule is CCCC(C)(O)/C(C)=N/O. The van der Waals surface area contributed by atoms with Crippen LogP contribution in [-0.4, -0.2) is 21.6 Å². The smallest absolute Gasteiger partial charge is 0.103 e. The second-order valence-corrected chi connectivity index (χ2v) is 2.71. The molecule has 3 heteroatoms. The van der Waals surface area contributed by atoms with Crippen LogP contribution in [-0.2, 0) is 0 Å². The van der Waals surface area contributed by atoms with Crippen molar-refractivity contribution in [2.75, 3.05) is 0 Å². The summed E-state index contributed by atoms with van der Waals surface area (Å²) in [5, 5.41) is 20.8. The van der Waals surface area contributed by atoms with Crippen LogP contribution in [0.1, 0.15) is 33.6 Å². The molecular weight excluding hydrogens is 130 g/mol. The van der Waals surface area contributed by atoms with Crippen LogP contribution in [0, 0.1) is 0 Å². The minimum atomic E-state index is -0.941. The summed E-state index contributed by atoms with van der Waals surface area (Å²) in [6.07, 6.45) is 1.50. The van der Waals surface area contributed by atoms with E-state index in [-0.39, 0.29) is 0 Å². The van der Waals surface area contributed by atoms with Crippen LogP contribution in [0.15, 0.2) is 5.16 Å². The van der Waals surface area contributed by atoms with E-state index in [0.29, 0.717) is 12.1 Å². The Kier molecular flexibility index (Phi) is 3.36. The Labute approximate surface area is 61.4 Å². The van der Waals surface area contributed by atoms with E-state index in [4.69, 9.17) is 5.21 Å². The van der Waals surface area contributed by atoms with E-state index in [1.165, 1.54) is 0 Å². The molecule has 0 amide bonds. The lowest BCUT2D eigenvalue weighted by Crippen LogP contribution is -2.32.